The number of aromatic nitrogens is 2. The second kappa shape index (κ2) is 5.28. The van der Waals surface area contributed by atoms with E-state index in [1.807, 2.05) is 6.92 Å². The normalized spacial score (nSPS) is 12.9. The van der Waals surface area contributed by atoms with Gasteiger partial charge in [-0.15, -0.1) is 11.3 Å². The summed E-state index contributed by atoms with van der Waals surface area (Å²) in [6.45, 7) is 6.27. The SMILES string of the molecule is C=C(C)Cn1c(=S)[nH]c2sc3c(c2c1=O)CCc1ccccc1-3. The molecule has 5 heteroatoms. The van der Waals surface area contributed by atoms with Crippen molar-refractivity contribution in [3.05, 3.63) is 62.7 Å². The summed E-state index contributed by atoms with van der Waals surface area (Å²) in [6.07, 6.45) is 1.88. The highest BCUT2D eigenvalue weighted by Crippen LogP contribution is 2.41. The third-order valence-electron chi connectivity index (χ3n) is 4.27. The van der Waals surface area contributed by atoms with E-state index in [0.717, 1.165) is 34.2 Å². The first-order chi connectivity index (χ1) is 11.1. The number of benzene rings is 1. The highest BCUT2D eigenvalue weighted by molar-refractivity contribution is 7.71. The number of nitrogens with zero attached hydrogens (tertiary/aromatic N) is 1. The molecule has 2 heterocycles. The van der Waals surface area contributed by atoms with Crippen LogP contribution in [0, 0.1) is 4.77 Å². The summed E-state index contributed by atoms with van der Waals surface area (Å²) in [7, 11) is 0. The molecule has 3 aromatic rings. The van der Waals surface area contributed by atoms with Crippen molar-refractivity contribution in [1.29, 1.82) is 0 Å². The van der Waals surface area contributed by atoms with E-state index in [0.29, 0.717) is 11.3 Å². The average molecular weight is 340 g/mol. The molecule has 1 N–H and O–H groups in total. The van der Waals surface area contributed by atoms with Gasteiger partial charge in [-0.3, -0.25) is 9.36 Å². The predicted octanol–water partition coefficient (Wildman–Crippen LogP) is 4.46. The van der Waals surface area contributed by atoms with Crippen molar-refractivity contribution in [2.45, 2.75) is 26.3 Å². The topological polar surface area (TPSA) is 37.8 Å². The third-order valence-corrected chi connectivity index (χ3v) is 5.77. The Bertz CT molecular complexity index is 1070. The Morgan fingerprint density at radius 1 is 1.39 bits per heavy atom. The second-order valence-electron chi connectivity index (χ2n) is 6.05. The Morgan fingerprint density at radius 3 is 2.96 bits per heavy atom. The van der Waals surface area contributed by atoms with E-state index >= 15 is 0 Å². The predicted molar refractivity (Wildman–Crippen MR) is 98.9 cm³/mol. The molecule has 1 aliphatic rings. The molecule has 0 atom stereocenters. The lowest BCUT2D eigenvalue weighted by Crippen LogP contribution is -2.23. The van der Waals surface area contributed by atoms with Gasteiger partial charge in [-0.2, -0.15) is 0 Å². The molecule has 0 unspecified atom stereocenters. The molecule has 1 aromatic carbocycles. The van der Waals surface area contributed by atoms with Gasteiger partial charge in [-0.1, -0.05) is 36.4 Å². The minimum atomic E-state index is 0.00336. The van der Waals surface area contributed by atoms with Crippen LogP contribution >= 0.6 is 23.6 Å². The zero-order valence-electron chi connectivity index (χ0n) is 12.8. The van der Waals surface area contributed by atoms with Crippen LogP contribution in [0.25, 0.3) is 20.7 Å². The molecule has 2 aromatic heterocycles. The van der Waals surface area contributed by atoms with Gasteiger partial charge in [0.1, 0.15) is 4.83 Å². The van der Waals surface area contributed by atoms with E-state index in [1.165, 1.54) is 16.0 Å². The van der Waals surface area contributed by atoms with Gasteiger partial charge >= 0.3 is 0 Å². The molecule has 23 heavy (non-hydrogen) atoms. The maximum atomic E-state index is 13.0. The van der Waals surface area contributed by atoms with E-state index in [-0.39, 0.29) is 5.56 Å². The van der Waals surface area contributed by atoms with Crippen LogP contribution in [0.4, 0.5) is 0 Å². The lowest BCUT2D eigenvalue weighted by atomic mass is 9.90. The molecule has 116 valence electrons. The number of nitrogens with one attached hydrogen (secondary N) is 1. The van der Waals surface area contributed by atoms with Crippen LogP contribution in [0.3, 0.4) is 0 Å². The van der Waals surface area contributed by atoms with Gasteiger partial charge in [0.15, 0.2) is 4.77 Å². The van der Waals surface area contributed by atoms with Crippen molar-refractivity contribution in [2.75, 3.05) is 0 Å². The first kappa shape index (κ1) is 14.6. The molecule has 0 fully saturated rings. The van der Waals surface area contributed by atoms with Crippen LogP contribution in [-0.4, -0.2) is 9.55 Å². The summed E-state index contributed by atoms with van der Waals surface area (Å²) in [5.41, 5.74) is 4.69. The standard InChI is InChI=1S/C18H16N2OS2/c1-10(2)9-20-17(21)14-13-8-7-11-5-3-4-6-12(11)15(13)23-16(14)19-18(20)22/h3-6H,1,7-9H2,2H3,(H,19,22). The van der Waals surface area contributed by atoms with Crippen LogP contribution in [0.1, 0.15) is 18.1 Å². The number of rotatable bonds is 2. The van der Waals surface area contributed by atoms with Crippen molar-refractivity contribution < 1.29 is 0 Å². The number of fused-ring (bicyclic) bond motifs is 5. The second-order valence-corrected chi connectivity index (χ2v) is 7.46. The zero-order chi connectivity index (χ0) is 16.1. The molecule has 0 radical (unpaired) electrons. The van der Waals surface area contributed by atoms with Crippen molar-refractivity contribution in [1.82, 2.24) is 9.55 Å². The minimum Gasteiger partial charge on any atom is -0.323 e. The quantitative estimate of drug-likeness (QED) is 0.552. The zero-order valence-corrected chi connectivity index (χ0v) is 14.4. The lowest BCUT2D eigenvalue weighted by molar-refractivity contribution is 0.725. The van der Waals surface area contributed by atoms with Crippen LogP contribution in [0.2, 0.25) is 0 Å². The first-order valence-electron chi connectivity index (χ1n) is 7.57. The summed E-state index contributed by atoms with van der Waals surface area (Å²) in [5, 5.41) is 0.800. The third kappa shape index (κ3) is 2.23. The highest BCUT2D eigenvalue weighted by Gasteiger charge is 2.23. The molecule has 0 saturated carbocycles. The van der Waals surface area contributed by atoms with Crippen molar-refractivity contribution >= 4 is 33.8 Å². The Balaban J connectivity index is 2.06. The fourth-order valence-electron chi connectivity index (χ4n) is 3.26. The summed E-state index contributed by atoms with van der Waals surface area (Å²) >= 11 is 7.02. The Morgan fingerprint density at radius 2 is 2.17 bits per heavy atom. The van der Waals surface area contributed by atoms with Gasteiger partial charge in [0, 0.05) is 11.4 Å². The smallest absolute Gasteiger partial charge is 0.263 e. The number of hydrogen-bond acceptors (Lipinski definition) is 3. The van der Waals surface area contributed by atoms with Gasteiger partial charge in [-0.25, -0.2) is 0 Å². The van der Waals surface area contributed by atoms with E-state index < -0.39 is 0 Å². The largest absolute Gasteiger partial charge is 0.323 e. The fourth-order valence-corrected chi connectivity index (χ4v) is 4.88. The molecule has 1 aliphatic carbocycles. The van der Waals surface area contributed by atoms with Crippen molar-refractivity contribution in [2.24, 2.45) is 0 Å². The Hall–Kier alpha value is -1.98. The average Bonchev–Trinajstić information content (AvgIpc) is 2.89. The summed E-state index contributed by atoms with van der Waals surface area (Å²) in [6, 6.07) is 8.44. The van der Waals surface area contributed by atoms with Crippen molar-refractivity contribution in [3.8, 4) is 10.4 Å². The Kier molecular flexibility index (Phi) is 3.36. The van der Waals surface area contributed by atoms with Gasteiger partial charge in [0.05, 0.1) is 5.39 Å². The molecule has 3 nitrogen and oxygen atoms in total. The minimum absolute atomic E-state index is 0.00336. The van der Waals surface area contributed by atoms with Crippen LogP contribution < -0.4 is 5.56 Å². The van der Waals surface area contributed by atoms with E-state index in [2.05, 4.69) is 35.8 Å². The van der Waals surface area contributed by atoms with Crippen LogP contribution in [0.15, 0.2) is 41.2 Å². The van der Waals surface area contributed by atoms with E-state index in [4.69, 9.17) is 12.2 Å². The highest BCUT2D eigenvalue weighted by atomic mass is 32.1. The molecular formula is C18H16N2OS2. The maximum Gasteiger partial charge on any atom is 0.263 e. The molecule has 0 saturated heterocycles. The number of hydrogen-bond donors (Lipinski definition) is 1. The number of aromatic amines is 1. The summed E-state index contributed by atoms with van der Waals surface area (Å²) < 4.78 is 2.09. The maximum absolute atomic E-state index is 13.0. The monoisotopic (exact) mass is 340 g/mol. The molecular weight excluding hydrogens is 324 g/mol. The van der Waals surface area contributed by atoms with Crippen molar-refractivity contribution in [3.63, 3.8) is 0 Å². The molecule has 0 amide bonds. The lowest BCUT2D eigenvalue weighted by Gasteiger charge is -2.15. The van der Waals surface area contributed by atoms with Crippen LogP contribution in [0.5, 0.6) is 0 Å². The number of aryl methyl sites for hydroxylation is 2. The van der Waals surface area contributed by atoms with E-state index in [1.54, 1.807) is 15.9 Å². The summed E-state index contributed by atoms with van der Waals surface area (Å²) in [5.74, 6) is 0. The van der Waals surface area contributed by atoms with Crippen LogP contribution in [-0.2, 0) is 19.4 Å². The number of allylic oxidation sites excluding steroid dienone is 1. The molecule has 0 bridgehead atoms. The number of H-pyrrole nitrogens is 1. The van der Waals surface area contributed by atoms with Gasteiger partial charge < -0.3 is 4.98 Å². The van der Waals surface area contributed by atoms with E-state index in [9.17, 15) is 4.79 Å². The first-order valence-corrected chi connectivity index (χ1v) is 8.80. The summed E-state index contributed by atoms with van der Waals surface area (Å²) in [4.78, 5) is 18.3. The fraction of sp³-hybridized carbons (Fsp3) is 0.222. The van der Waals surface area contributed by atoms with Gasteiger partial charge in [-0.05, 0) is 48.7 Å². The van der Waals surface area contributed by atoms with Gasteiger partial charge in [0.25, 0.3) is 5.56 Å². The number of thiophene rings is 1. The van der Waals surface area contributed by atoms with Gasteiger partial charge in [0.2, 0.25) is 0 Å². The Labute approximate surface area is 142 Å². The molecule has 0 spiro atoms. The molecule has 4 rings (SSSR count). The molecule has 0 aliphatic heterocycles.